The van der Waals surface area contributed by atoms with E-state index < -0.39 is 17.8 Å². The number of benzene rings is 2. The lowest BCUT2D eigenvalue weighted by atomic mass is 10.1. The van der Waals surface area contributed by atoms with E-state index in [0.717, 1.165) is 12.1 Å². The molecule has 0 saturated heterocycles. The summed E-state index contributed by atoms with van der Waals surface area (Å²) in [6.45, 7) is 0.0609. The molecule has 10 heteroatoms. The normalized spacial score (nSPS) is 15.6. The van der Waals surface area contributed by atoms with Gasteiger partial charge in [-0.15, -0.1) is 11.3 Å². The van der Waals surface area contributed by atoms with E-state index in [1.807, 2.05) is 0 Å². The number of likely N-dealkylation sites (N-methyl/N-ethyl adjacent to an activating group) is 1. The van der Waals surface area contributed by atoms with E-state index in [1.54, 1.807) is 29.6 Å². The van der Waals surface area contributed by atoms with Crippen molar-refractivity contribution in [3.63, 3.8) is 0 Å². The number of anilines is 1. The van der Waals surface area contributed by atoms with E-state index in [1.165, 1.54) is 35.4 Å². The Morgan fingerprint density at radius 2 is 1.91 bits per heavy atom. The molecule has 3 aromatic rings. The van der Waals surface area contributed by atoms with Crippen LogP contribution >= 0.6 is 11.3 Å². The second-order valence-electron chi connectivity index (χ2n) is 7.09. The fourth-order valence-corrected chi connectivity index (χ4v) is 4.17. The molecule has 2 heterocycles. The number of aromatic nitrogens is 1. The molecule has 1 unspecified atom stereocenters. The lowest BCUT2D eigenvalue weighted by molar-refractivity contribution is -0.137. The molecule has 4 rings (SSSR count). The highest BCUT2D eigenvalue weighted by Crippen LogP contribution is 2.34. The summed E-state index contributed by atoms with van der Waals surface area (Å²) in [7, 11) is 1.50. The Kier molecular flexibility index (Phi) is 5.88. The maximum Gasteiger partial charge on any atom is 0.416 e. The first-order valence-electron chi connectivity index (χ1n) is 9.66. The van der Waals surface area contributed by atoms with Crippen LogP contribution in [0.1, 0.15) is 11.3 Å². The molecule has 1 aliphatic rings. The summed E-state index contributed by atoms with van der Waals surface area (Å²) in [6.07, 6.45) is -5.26. The van der Waals surface area contributed by atoms with Crippen LogP contribution in [-0.4, -0.2) is 36.5 Å². The van der Waals surface area contributed by atoms with Crippen LogP contribution in [0, 0.1) is 0 Å². The minimum Gasteiger partial charge on any atom is -0.477 e. The Morgan fingerprint density at radius 1 is 1.19 bits per heavy atom. The fraction of sp³-hybridized carbons (Fsp3) is 0.227. The molecule has 0 radical (unpaired) electrons. The van der Waals surface area contributed by atoms with E-state index in [9.17, 15) is 22.8 Å². The minimum absolute atomic E-state index is 0.0219. The predicted octanol–water partition coefficient (Wildman–Crippen LogP) is 3.91. The van der Waals surface area contributed by atoms with Crippen molar-refractivity contribution in [2.45, 2.75) is 18.7 Å². The van der Waals surface area contributed by atoms with Gasteiger partial charge in [-0.2, -0.15) is 13.2 Å². The molecule has 2 amide bonds. The molecule has 0 fully saturated rings. The number of amides is 2. The molecule has 0 aliphatic carbocycles. The van der Waals surface area contributed by atoms with Crippen molar-refractivity contribution in [2.24, 2.45) is 0 Å². The van der Waals surface area contributed by atoms with Gasteiger partial charge in [-0.25, -0.2) is 4.98 Å². The van der Waals surface area contributed by atoms with E-state index in [4.69, 9.17) is 4.74 Å². The highest BCUT2D eigenvalue weighted by molar-refractivity contribution is 7.13. The number of carbonyl (C=O) groups is 2. The Morgan fingerprint density at radius 3 is 2.59 bits per heavy atom. The van der Waals surface area contributed by atoms with E-state index in [0.29, 0.717) is 27.7 Å². The van der Waals surface area contributed by atoms with Gasteiger partial charge in [-0.3, -0.25) is 9.59 Å². The third kappa shape index (κ3) is 4.45. The number of hydrogen-bond acceptors (Lipinski definition) is 5. The number of nitrogens with zero attached hydrogens (tertiary/aromatic N) is 2. The average Bonchev–Trinajstić information content (AvgIpc) is 3.25. The van der Waals surface area contributed by atoms with Crippen LogP contribution < -0.4 is 15.0 Å². The van der Waals surface area contributed by atoms with Crippen LogP contribution in [0.25, 0.3) is 10.6 Å². The molecular formula is C22H18F3N3O3S. The standard InChI is InChI=1S/C22H18F3N3O3S/c1-26-20(30)18-11-28(16-4-2-3-5-17(16)31-18)19(29)10-15-12-32-21(27-15)13-6-8-14(9-7-13)22(23,24)25/h2-9,12,18H,10-11H2,1H3,(H,26,30). The predicted molar refractivity (Wildman–Crippen MR) is 114 cm³/mol. The summed E-state index contributed by atoms with van der Waals surface area (Å²) in [5.74, 6) is -0.168. The SMILES string of the molecule is CNC(=O)C1CN(C(=O)Cc2csc(-c3ccc(C(F)(F)F)cc3)n2)c2ccccc2O1. The summed E-state index contributed by atoms with van der Waals surface area (Å²) >= 11 is 1.25. The van der Waals surface area contributed by atoms with E-state index in [2.05, 4.69) is 10.3 Å². The van der Waals surface area contributed by atoms with Crippen molar-refractivity contribution in [1.82, 2.24) is 10.3 Å². The lowest BCUT2D eigenvalue weighted by Crippen LogP contribution is -2.50. The van der Waals surface area contributed by atoms with E-state index >= 15 is 0 Å². The Hall–Kier alpha value is -3.40. The molecule has 1 N–H and O–H groups in total. The fourth-order valence-electron chi connectivity index (χ4n) is 3.34. The zero-order valence-electron chi connectivity index (χ0n) is 16.8. The number of halogens is 3. The van der Waals surface area contributed by atoms with E-state index in [-0.39, 0.29) is 24.8 Å². The largest absolute Gasteiger partial charge is 0.477 e. The molecule has 2 aromatic carbocycles. The van der Waals surface area contributed by atoms with Gasteiger partial charge in [0.05, 0.1) is 29.9 Å². The average molecular weight is 461 g/mol. The molecule has 0 bridgehead atoms. The Balaban J connectivity index is 1.52. The molecule has 1 aromatic heterocycles. The van der Waals surface area contributed by atoms with Crippen LogP contribution in [0.5, 0.6) is 5.75 Å². The molecule has 6 nitrogen and oxygen atoms in total. The van der Waals surface area contributed by atoms with Gasteiger partial charge in [0.25, 0.3) is 5.91 Å². The van der Waals surface area contributed by atoms with Gasteiger partial charge in [0, 0.05) is 18.0 Å². The molecule has 0 saturated carbocycles. The molecule has 0 spiro atoms. The number of para-hydroxylation sites is 2. The number of ether oxygens (including phenoxy) is 1. The number of thiazole rings is 1. The van der Waals surface area contributed by atoms with Crippen LogP contribution in [0.2, 0.25) is 0 Å². The van der Waals surface area contributed by atoms with Crippen molar-refractivity contribution in [3.05, 3.63) is 65.2 Å². The summed E-state index contributed by atoms with van der Waals surface area (Å²) in [5.41, 5.74) is 0.870. The molecule has 32 heavy (non-hydrogen) atoms. The number of rotatable bonds is 4. The monoisotopic (exact) mass is 461 g/mol. The van der Waals surface area contributed by atoms with Crippen LogP contribution in [-0.2, 0) is 22.2 Å². The van der Waals surface area contributed by atoms with Gasteiger partial charge in [0.2, 0.25) is 5.91 Å². The third-order valence-corrected chi connectivity index (χ3v) is 5.90. The van der Waals surface area contributed by atoms with Crippen LogP contribution in [0.3, 0.4) is 0 Å². The van der Waals surface area contributed by atoms with Gasteiger partial charge >= 0.3 is 6.18 Å². The Bertz CT molecular complexity index is 1150. The molecule has 1 aliphatic heterocycles. The highest BCUT2D eigenvalue weighted by atomic mass is 32.1. The lowest BCUT2D eigenvalue weighted by Gasteiger charge is -2.34. The first-order valence-corrected chi connectivity index (χ1v) is 10.5. The zero-order valence-corrected chi connectivity index (χ0v) is 17.7. The third-order valence-electron chi connectivity index (χ3n) is 4.96. The molecular weight excluding hydrogens is 443 g/mol. The maximum absolute atomic E-state index is 13.1. The minimum atomic E-state index is -4.40. The summed E-state index contributed by atoms with van der Waals surface area (Å²) < 4.78 is 44.0. The number of carbonyl (C=O) groups excluding carboxylic acids is 2. The van der Waals surface area contributed by atoms with Crippen LogP contribution in [0.15, 0.2) is 53.9 Å². The first-order chi connectivity index (χ1) is 15.3. The van der Waals surface area contributed by atoms with Crippen LogP contribution in [0.4, 0.5) is 18.9 Å². The first kappa shape index (κ1) is 21.8. The highest BCUT2D eigenvalue weighted by Gasteiger charge is 2.33. The van der Waals surface area contributed by atoms with Gasteiger partial charge in [-0.1, -0.05) is 24.3 Å². The summed E-state index contributed by atoms with van der Waals surface area (Å²) in [5, 5.41) is 4.75. The van der Waals surface area contributed by atoms with Crippen molar-refractivity contribution in [2.75, 3.05) is 18.5 Å². The number of alkyl halides is 3. The second kappa shape index (κ2) is 8.62. The van der Waals surface area contributed by atoms with Gasteiger partial charge in [-0.05, 0) is 24.3 Å². The van der Waals surface area contributed by atoms with Gasteiger partial charge in [0.1, 0.15) is 10.8 Å². The Labute approximate surface area is 185 Å². The maximum atomic E-state index is 13.1. The molecule has 166 valence electrons. The number of nitrogens with one attached hydrogen (secondary N) is 1. The van der Waals surface area contributed by atoms with Crippen molar-refractivity contribution < 1.29 is 27.5 Å². The van der Waals surface area contributed by atoms with Gasteiger partial charge < -0.3 is 15.0 Å². The summed E-state index contributed by atoms with van der Waals surface area (Å²) in [4.78, 5) is 31.1. The van der Waals surface area contributed by atoms with Crippen molar-refractivity contribution >= 4 is 28.8 Å². The summed E-state index contributed by atoms with van der Waals surface area (Å²) in [6, 6.07) is 11.7. The topological polar surface area (TPSA) is 71.5 Å². The quantitative estimate of drug-likeness (QED) is 0.640. The van der Waals surface area contributed by atoms with Crippen molar-refractivity contribution in [1.29, 1.82) is 0 Å². The second-order valence-corrected chi connectivity index (χ2v) is 7.95. The molecule has 1 atom stereocenters. The number of hydrogen-bond donors (Lipinski definition) is 1. The van der Waals surface area contributed by atoms with Gasteiger partial charge in [0.15, 0.2) is 6.10 Å². The smallest absolute Gasteiger partial charge is 0.416 e. The number of fused-ring (bicyclic) bond motifs is 1. The van der Waals surface area contributed by atoms with Crippen molar-refractivity contribution in [3.8, 4) is 16.3 Å². The zero-order chi connectivity index (χ0) is 22.9.